The van der Waals surface area contributed by atoms with Crippen molar-refractivity contribution in [3.05, 3.63) is 52.7 Å². The topological polar surface area (TPSA) is 83.0 Å². The number of rotatable bonds is 8. The van der Waals surface area contributed by atoms with Gasteiger partial charge in [0, 0.05) is 76.7 Å². The Morgan fingerprint density at radius 1 is 1.03 bits per heavy atom. The number of amides is 2. The number of hydrogen-bond donors (Lipinski definition) is 0. The van der Waals surface area contributed by atoms with Gasteiger partial charge < -0.3 is 19.4 Å². The number of piperazine rings is 1. The molecule has 1 aromatic heterocycles. The standard InChI is InChI=1S/C27H34N4O4/c1-19-16-20(2)26(28-18-19)29-11-13-30(14-12-29)27(34)22-9-8-21(31-10-4-7-25(31)33)17-23(22)24(32)6-5-15-35-3/h8-9,16-18H,4-7,10-15H2,1-3H3. The molecule has 2 aliphatic heterocycles. The van der Waals surface area contributed by atoms with Crippen LogP contribution in [0.3, 0.4) is 0 Å². The minimum atomic E-state index is -0.146. The zero-order valence-corrected chi connectivity index (χ0v) is 20.9. The number of Topliss-reactive ketones (excluding diaryl/α,β-unsaturated/α-hetero) is 1. The lowest BCUT2D eigenvalue weighted by molar-refractivity contribution is -0.117. The number of carbonyl (C=O) groups is 3. The Morgan fingerprint density at radius 2 is 1.80 bits per heavy atom. The van der Waals surface area contributed by atoms with Gasteiger partial charge in [0.1, 0.15) is 5.82 Å². The first-order valence-corrected chi connectivity index (χ1v) is 12.3. The van der Waals surface area contributed by atoms with Crippen LogP contribution in [0.15, 0.2) is 30.5 Å². The van der Waals surface area contributed by atoms with Gasteiger partial charge in [-0.15, -0.1) is 0 Å². The van der Waals surface area contributed by atoms with Gasteiger partial charge in [-0.1, -0.05) is 6.07 Å². The Morgan fingerprint density at radius 3 is 2.46 bits per heavy atom. The number of nitrogens with zero attached hydrogens (tertiary/aromatic N) is 4. The summed E-state index contributed by atoms with van der Waals surface area (Å²) in [5.41, 5.74) is 3.73. The van der Waals surface area contributed by atoms with E-state index in [1.54, 1.807) is 30.2 Å². The maximum atomic E-state index is 13.5. The van der Waals surface area contributed by atoms with Gasteiger partial charge in [-0.2, -0.15) is 0 Å². The van der Waals surface area contributed by atoms with Crippen molar-refractivity contribution in [1.29, 1.82) is 0 Å². The molecule has 4 rings (SSSR count). The highest BCUT2D eigenvalue weighted by atomic mass is 16.5. The van der Waals surface area contributed by atoms with Crippen molar-refractivity contribution in [3.8, 4) is 0 Å². The van der Waals surface area contributed by atoms with Crippen LogP contribution >= 0.6 is 0 Å². The molecule has 1 aromatic carbocycles. The summed E-state index contributed by atoms with van der Waals surface area (Å²) in [6, 6.07) is 7.35. The molecule has 0 N–H and O–H groups in total. The maximum absolute atomic E-state index is 13.5. The Balaban J connectivity index is 1.53. The van der Waals surface area contributed by atoms with Crippen LogP contribution in [0.5, 0.6) is 0 Å². The average molecular weight is 479 g/mol. The molecule has 0 saturated carbocycles. The summed E-state index contributed by atoms with van der Waals surface area (Å²) in [6.07, 6.45) is 4.05. The number of hydrogen-bond acceptors (Lipinski definition) is 6. The molecule has 8 heteroatoms. The van der Waals surface area contributed by atoms with E-state index in [0.717, 1.165) is 23.4 Å². The highest BCUT2D eigenvalue weighted by Gasteiger charge is 2.28. The Labute approximate surface area is 206 Å². The Bertz CT molecular complexity index is 1110. The van der Waals surface area contributed by atoms with E-state index in [0.29, 0.717) is 69.0 Å². The third-order valence-corrected chi connectivity index (χ3v) is 6.73. The van der Waals surface area contributed by atoms with Crippen LogP contribution in [0.4, 0.5) is 11.5 Å². The molecule has 3 heterocycles. The monoisotopic (exact) mass is 478 g/mol. The normalized spacial score (nSPS) is 16.2. The predicted octanol–water partition coefficient (Wildman–Crippen LogP) is 3.40. The third-order valence-electron chi connectivity index (χ3n) is 6.73. The van der Waals surface area contributed by atoms with Crippen molar-refractivity contribution in [2.24, 2.45) is 0 Å². The molecule has 2 aliphatic rings. The number of ketones is 1. The maximum Gasteiger partial charge on any atom is 0.254 e. The van der Waals surface area contributed by atoms with Crippen LogP contribution < -0.4 is 9.80 Å². The number of benzene rings is 1. The Kier molecular flexibility index (Phi) is 7.80. The lowest BCUT2D eigenvalue weighted by Crippen LogP contribution is -2.49. The van der Waals surface area contributed by atoms with Gasteiger partial charge in [0.2, 0.25) is 5.91 Å². The number of methoxy groups -OCH3 is 1. The SMILES string of the molecule is COCCCC(=O)c1cc(N2CCCC2=O)ccc1C(=O)N1CCN(c2ncc(C)cc2C)CC1. The largest absolute Gasteiger partial charge is 0.385 e. The van der Waals surface area contributed by atoms with E-state index in [1.165, 1.54) is 0 Å². The fourth-order valence-electron chi connectivity index (χ4n) is 4.88. The smallest absolute Gasteiger partial charge is 0.254 e. The summed E-state index contributed by atoms with van der Waals surface area (Å²) in [5.74, 6) is 0.763. The van der Waals surface area contributed by atoms with E-state index in [4.69, 9.17) is 4.74 Å². The summed E-state index contributed by atoms with van der Waals surface area (Å²) in [7, 11) is 1.60. The molecular formula is C27H34N4O4. The van der Waals surface area contributed by atoms with Crippen molar-refractivity contribution in [1.82, 2.24) is 9.88 Å². The molecule has 35 heavy (non-hydrogen) atoms. The summed E-state index contributed by atoms with van der Waals surface area (Å²) in [4.78, 5) is 49.2. The molecule has 0 bridgehead atoms. The predicted molar refractivity (Wildman–Crippen MR) is 135 cm³/mol. The summed E-state index contributed by atoms with van der Waals surface area (Å²) in [6.45, 7) is 7.67. The molecule has 2 amide bonds. The minimum absolute atomic E-state index is 0.0537. The lowest BCUT2D eigenvalue weighted by Gasteiger charge is -2.36. The fourth-order valence-corrected chi connectivity index (χ4v) is 4.88. The van der Waals surface area contributed by atoms with Crippen molar-refractivity contribution in [2.75, 3.05) is 56.2 Å². The molecule has 0 unspecified atom stereocenters. The van der Waals surface area contributed by atoms with Crippen LogP contribution in [0.25, 0.3) is 0 Å². The molecule has 0 spiro atoms. The second-order valence-corrected chi connectivity index (χ2v) is 9.33. The van der Waals surface area contributed by atoms with Gasteiger partial charge in [-0.3, -0.25) is 14.4 Å². The van der Waals surface area contributed by atoms with Gasteiger partial charge in [0.25, 0.3) is 5.91 Å². The number of carbonyl (C=O) groups excluding carboxylic acids is 3. The number of pyridine rings is 1. The Hall–Kier alpha value is -3.26. The van der Waals surface area contributed by atoms with E-state index in [9.17, 15) is 14.4 Å². The van der Waals surface area contributed by atoms with E-state index in [-0.39, 0.29) is 24.0 Å². The summed E-state index contributed by atoms with van der Waals surface area (Å²) < 4.78 is 5.09. The third kappa shape index (κ3) is 5.53. The van der Waals surface area contributed by atoms with Crippen molar-refractivity contribution < 1.29 is 19.1 Å². The van der Waals surface area contributed by atoms with E-state index in [2.05, 4.69) is 22.9 Å². The number of ether oxygens (including phenoxy) is 1. The van der Waals surface area contributed by atoms with Crippen LogP contribution in [0.1, 0.15) is 57.5 Å². The van der Waals surface area contributed by atoms with Gasteiger partial charge in [0.15, 0.2) is 5.78 Å². The van der Waals surface area contributed by atoms with Crippen molar-refractivity contribution >= 4 is 29.1 Å². The first-order valence-electron chi connectivity index (χ1n) is 12.3. The molecule has 2 fully saturated rings. The van der Waals surface area contributed by atoms with Crippen molar-refractivity contribution in [2.45, 2.75) is 39.5 Å². The van der Waals surface area contributed by atoms with Gasteiger partial charge in [-0.25, -0.2) is 4.98 Å². The molecule has 0 radical (unpaired) electrons. The minimum Gasteiger partial charge on any atom is -0.385 e. The van der Waals surface area contributed by atoms with E-state index >= 15 is 0 Å². The number of aromatic nitrogens is 1. The average Bonchev–Trinajstić information content (AvgIpc) is 3.29. The fraction of sp³-hybridized carbons (Fsp3) is 0.481. The van der Waals surface area contributed by atoms with Crippen LogP contribution in [-0.4, -0.2) is 73.9 Å². The second kappa shape index (κ2) is 11.0. The molecule has 186 valence electrons. The number of anilines is 2. The second-order valence-electron chi connectivity index (χ2n) is 9.33. The van der Waals surface area contributed by atoms with Crippen LogP contribution in [-0.2, 0) is 9.53 Å². The lowest BCUT2D eigenvalue weighted by atomic mass is 9.98. The molecule has 0 aliphatic carbocycles. The summed E-state index contributed by atoms with van der Waals surface area (Å²) >= 11 is 0. The van der Waals surface area contributed by atoms with Gasteiger partial charge in [0.05, 0.1) is 5.56 Å². The first-order chi connectivity index (χ1) is 16.9. The van der Waals surface area contributed by atoms with Crippen LogP contribution in [0, 0.1) is 13.8 Å². The van der Waals surface area contributed by atoms with E-state index in [1.807, 2.05) is 18.0 Å². The highest BCUT2D eigenvalue weighted by Crippen LogP contribution is 2.27. The van der Waals surface area contributed by atoms with Crippen LogP contribution in [0.2, 0.25) is 0 Å². The number of aryl methyl sites for hydroxylation is 2. The zero-order valence-electron chi connectivity index (χ0n) is 20.9. The van der Waals surface area contributed by atoms with E-state index < -0.39 is 0 Å². The molecule has 0 atom stereocenters. The van der Waals surface area contributed by atoms with Gasteiger partial charge >= 0.3 is 0 Å². The zero-order chi connectivity index (χ0) is 24.9. The molecular weight excluding hydrogens is 444 g/mol. The molecule has 2 saturated heterocycles. The molecule has 8 nitrogen and oxygen atoms in total. The summed E-state index contributed by atoms with van der Waals surface area (Å²) in [5, 5.41) is 0. The first kappa shape index (κ1) is 24.9. The van der Waals surface area contributed by atoms with Gasteiger partial charge in [-0.05, 0) is 56.0 Å². The molecule has 2 aromatic rings. The van der Waals surface area contributed by atoms with Crippen molar-refractivity contribution in [3.63, 3.8) is 0 Å². The quantitative estimate of drug-likeness (QED) is 0.427. The highest BCUT2D eigenvalue weighted by molar-refractivity contribution is 6.09.